The van der Waals surface area contributed by atoms with Crippen LogP contribution in [0.4, 0.5) is 5.69 Å². The lowest BCUT2D eigenvalue weighted by atomic mass is 9.81. The van der Waals surface area contributed by atoms with Gasteiger partial charge in [-0.05, 0) is 122 Å². The topological polar surface area (TPSA) is 30.1 Å². The van der Waals surface area contributed by atoms with E-state index in [1.807, 2.05) is 26.0 Å². The summed E-state index contributed by atoms with van der Waals surface area (Å²) in [6.07, 6.45) is 11.8. The zero-order valence-corrected chi connectivity index (χ0v) is 39.1. The summed E-state index contributed by atoms with van der Waals surface area (Å²) in [5.41, 5.74) is 20.0. The van der Waals surface area contributed by atoms with Gasteiger partial charge in [0.05, 0.1) is 11.0 Å². The van der Waals surface area contributed by atoms with Crippen molar-refractivity contribution in [2.45, 2.75) is 46.5 Å². The van der Waals surface area contributed by atoms with Crippen LogP contribution in [-0.4, -0.2) is 11.1 Å². The van der Waals surface area contributed by atoms with Gasteiger partial charge < -0.3 is 14.3 Å². The molecule has 0 amide bonds. The molecule has 1 aliphatic carbocycles. The normalized spacial score (nSPS) is 13.3. The van der Waals surface area contributed by atoms with Gasteiger partial charge >= 0.3 is 0 Å². The molecule has 0 saturated carbocycles. The van der Waals surface area contributed by atoms with Gasteiger partial charge in [-0.3, -0.25) is 0 Å². The first-order valence-electron chi connectivity index (χ1n) is 23.7. The lowest BCUT2D eigenvalue weighted by molar-refractivity contribution is 0.661. The summed E-state index contributed by atoms with van der Waals surface area (Å²) in [5.74, 6) is 0. The second-order valence-electron chi connectivity index (χ2n) is 17.6. The highest BCUT2D eigenvalue weighted by molar-refractivity contribution is 6.27. The fraction of sp³-hybridized carbons (Fsp3) is 0.125. The van der Waals surface area contributed by atoms with E-state index in [9.17, 15) is 0 Å². The monoisotopic (exact) mass is 868 g/mol. The molecule has 3 heteroatoms. The van der Waals surface area contributed by atoms with E-state index in [1.54, 1.807) is 0 Å². The number of fused-ring (bicyclic) bond motifs is 10. The number of furan rings is 1. The third kappa shape index (κ3) is 7.81. The van der Waals surface area contributed by atoms with Crippen LogP contribution in [0.5, 0.6) is 0 Å². The van der Waals surface area contributed by atoms with E-state index in [2.05, 4.69) is 231 Å². The third-order valence-corrected chi connectivity index (χ3v) is 13.4. The molecule has 67 heavy (non-hydrogen) atoms. The van der Waals surface area contributed by atoms with Crippen molar-refractivity contribution < 1.29 is 4.42 Å². The lowest BCUT2D eigenvalue weighted by Crippen LogP contribution is -2.15. The SMILES string of the molecule is C=CC(=C\CC)/C(/C=C\c1ccc(-c2ccc(-n3c4ccccc4c4c5c(ccc43)oc3ccccc35)cc2)cc1)=C/CNc1ccc2c(c1)C(C)(C)c1cc(-c3ccccc3)ccc1-2.CC. The molecule has 1 aliphatic rings. The average Bonchev–Trinajstić information content (AvgIpc) is 4.00. The van der Waals surface area contributed by atoms with Gasteiger partial charge in [0.15, 0.2) is 0 Å². The van der Waals surface area contributed by atoms with Crippen molar-refractivity contribution in [3.05, 3.63) is 235 Å². The Balaban J connectivity index is 0.00000259. The van der Waals surface area contributed by atoms with Crippen molar-refractivity contribution in [3.8, 4) is 39.1 Å². The van der Waals surface area contributed by atoms with Crippen LogP contribution in [-0.2, 0) is 5.41 Å². The fourth-order valence-electron chi connectivity index (χ4n) is 10.1. The Hall–Kier alpha value is -7.88. The number of benzene rings is 8. The smallest absolute Gasteiger partial charge is 0.136 e. The van der Waals surface area contributed by atoms with E-state index >= 15 is 0 Å². The summed E-state index contributed by atoms with van der Waals surface area (Å²) < 4.78 is 8.67. The van der Waals surface area contributed by atoms with Gasteiger partial charge in [0.25, 0.3) is 0 Å². The Morgan fingerprint density at radius 1 is 0.582 bits per heavy atom. The minimum Gasteiger partial charge on any atom is -0.456 e. The molecule has 0 spiro atoms. The number of nitrogens with one attached hydrogen (secondary N) is 1. The summed E-state index contributed by atoms with van der Waals surface area (Å²) in [6.45, 7) is 15.7. The quantitative estimate of drug-likeness (QED) is 0.131. The molecular formula is C64H56N2O. The number of anilines is 1. The van der Waals surface area contributed by atoms with E-state index in [-0.39, 0.29) is 5.41 Å². The minimum absolute atomic E-state index is 0.103. The molecule has 3 nitrogen and oxygen atoms in total. The van der Waals surface area contributed by atoms with Gasteiger partial charge in [-0.2, -0.15) is 0 Å². The molecule has 10 aromatic rings. The molecule has 0 fully saturated rings. The van der Waals surface area contributed by atoms with E-state index in [0.29, 0.717) is 6.54 Å². The van der Waals surface area contributed by atoms with Crippen LogP contribution in [0.2, 0.25) is 0 Å². The highest BCUT2D eigenvalue weighted by Crippen LogP contribution is 2.50. The standard InChI is InChI=1S/C62H50N2O.C2H6/c1-5-14-42(6-2)46(37-38-63-48-30-34-51-50-33-29-47(43-15-8-7-9-16-43)39-54(50)62(3,4)55(51)40-48)26-23-41-21-24-44(25-22-41)45-27-31-49(32-28-45)64-56-19-12-10-17-52(56)60-57(64)35-36-59-61(60)53-18-11-13-20-58(53)65-59;1-2/h6-37,39-40,63H,2,5,38H2,1,3-4H3;1-2H3/b26-23-,42-14+,46-37+;. The number of hydrogen-bond acceptors (Lipinski definition) is 2. The number of aromatic nitrogens is 1. The van der Waals surface area contributed by atoms with Crippen LogP contribution in [0, 0.1) is 0 Å². The number of allylic oxidation sites excluding steroid dienone is 5. The molecule has 11 rings (SSSR count). The van der Waals surface area contributed by atoms with E-state index in [0.717, 1.165) is 51.1 Å². The molecule has 1 N–H and O–H groups in total. The highest BCUT2D eigenvalue weighted by Gasteiger charge is 2.35. The van der Waals surface area contributed by atoms with Crippen molar-refractivity contribution in [2.75, 3.05) is 11.9 Å². The Morgan fingerprint density at radius 3 is 1.97 bits per heavy atom. The van der Waals surface area contributed by atoms with Crippen LogP contribution in [0.25, 0.3) is 88.9 Å². The van der Waals surface area contributed by atoms with E-state index in [1.165, 1.54) is 71.7 Å². The number of nitrogens with zero attached hydrogens (tertiary/aromatic N) is 1. The van der Waals surface area contributed by atoms with E-state index < -0.39 is 0 Å². The van der Waals surface area contributed by atoms with Gasteiger partial charge in [-0.15, -0.1) is 0 Å². The molecule has 0 aliphatic heterocycles. The Morgan fingerprint density at radius 2 is 1.22 bits per heavy atom. The molecule has 2 heterocycles. The predicted octanol–water partition coefficient (Wildman–Crippen LogP) is 17.9. The van der Waals surface area contributed by atoms with Gasteiger partial charge in [0, 0.05) is 44.9 Å². The largest absolute Gasteiger partial charge is 0.456 e. The van der Waals surface area contributed by atoms with Gasteiger partial charge in [0.2, 0.25) is 0 Å². The van der Waals surface area contributed by atoms with Crippen molar-refractivity contribution in [1.82, 2.24) is 4.57 Å². The lowest BCUT2D eigenvalue weighted by Gasteiger charge is -2.22. The molecular weight excluding hydrogens is 813 g/mol. The Kier molecular flexibility index (Phi) is 11.7. The minimum atomic E-state index is -0.103. The van der Waals surface area contributed by atoms with E-state index in [4.69, 9.17) is 4.42 Å². The number of hydrogen-bond donors (Lipinski definition) is 1. The maximum Gasteiger partial charge on any atom is 0.136 e. The van der Waals surface area contributed by atoms with Gasteiger partial charge in [-0.1, -0.05) is 193 Å². The zero-order chi connectivity index (χ0) is 46.1. The molecule has 328 valence electrons. The highest BCUT2D eigenvalue weighted by atomic mass is 16.3. The van der Waals surface area contributed by atoms with Gasteiger partial charge in [-0.25, -0.2) is 0 Å². The molecule has 0 unspecified atom stereocenters. The average molecular weight is 869 g/mol. The summed E-state index contributed by atoms with van der Waals surface area (Å²) in [7, 11) is 0. The van der Waals surface area contributed by atoms with Gasteiger partial charge in [0.1, 0.15) is 11.2 Å². The number of para-hydroxylation sites is 2. The first-order valence-corrected chi connectivity index (χ1v) is 23.7. The summed E-state index contributed by atoms with van der Waals surface area (Å²) in [5, 5.41) is 8.48. The molecule has 0 atom stereocenters. The van der Waals surface area contributed by atoms with Crippen molar-refractivity contribution >= 4 is 55.5 Å². The molecule has 0 saturated heterocycles. The summed E-state index contributed by atoms with van der Waals surface area (Å²) in [6, 6.07) is 63.6. The second-order valence-corrected chi connectivity index (χ2v) is 17.6. The number of rotatable bonds is 11. The van der Waals surface area contributed by atoms with Crippen molar-refractivity contribution in [3.63, 3.8) is 0 Å². The molecule has 2 aromatic heterocycles. The maximum atomic E-state index is 6.29. The predicted molar refractivity (Wildman–Crippen MR) is 288 cm³/mol. The van der Waals surface area contributed by atoms with Crippen molar-refractivity contribution in [1.29, 1.82) is 0 Å². The van der Waals surface area contributed by atoms with Crippen LogP contribution in [0.3, 0.4) is 0 Å². The third-order valence-electron chi connectivity index (χ3n) is 13.4. The zero-order valence-electron chi connectivity index (χ0n) is 39.1. The maximum absolute atomic E-state index is 6.29. The van der Waals surface area contributed by atoms with Crippen molar-refractivity contribution in [2.24, 2.45) is 0 Å². The Labute approximate surface area is 394 Å². The van der Waals surface area contributed by atoms with Crippen LogP contribution in [0.1, 0.15) is 57.7 Å². The first-order chi connectivity index (χ1) is 32.9. The second kappa shape index (κ2) is 18.2. The fourth-order valence-corrected chi connectivity index (χ4v) is 10.1. The van der Waals surface area contributed by atoms with Crippen LogP contribution in [0.15, 0.2) is 222 Å². The van der Waals surface area contributed by atoms with Crippen LogP contribution < -0.4 is 5.32 Å². The summed E-state index contributed by atoms with van der Waals surface area (Å²) >= 11 is 0. The Bertz CT molecular complexity index is 3540. The summed E-state index contributed by atoms with van der Waals surface area (Å²) in [4.78, 5) is 0. The molecule has 8 aromatic carbocycles. The van der Waals surface area contributed by atoms with Crippen LogP contribution >= 0.6 is 0 Å². The molecule has 0 bridgehead atoms. The first kappa shape index (κ1) is 43.0. The molecule has 0 radical (unpaired) electrons.